The first-order chi connectivity index (χ1) is 12.8. The minimum Gasteiger partial charge on any atom is -0.507 e. The van der Waals surface area contributed by atoms with Crippen molar-refractivity contribution >= 4 is 5.97 Å². The van der Waals surface area contributed by atoms with E-state index in [0.29, 0.717) is 11.1 Å². The van der Waals surface area contributed by atoms with Gasteiger partial charge in [0.15, 0.2) is 0 Å². The SMILES string of the molecule is C=C(C)[C@@H]1CCC(C)=CC1c1c(O)cc(-c2ccccc2)c(C(=O)O)c1O. The van der Waals surface area contributed by atoms with Crippen molar-refractivity contribution in [2.24, 2.45) is 5.92 Å². The third-order valence-corrected chi connectivity index (χ3v) is 5.33. The van der Waals surface area contributed by atoms with E-state index >= 15 is 0 Å². The van der Waals surface area contributed by atoms with Crippen molar-refractivity contribution in [2.75, 3.05) is 0 Å². The number of hydrogen-bond acceptors (Lipinski definition) is 3. The second-order valence-corrected chi connectivity index (χ2v) is 7.28. The van der Waals surface area contributed by atoms with Crippen molar-refractivity contribution in [3.8, 4) is 22.6 Å². The molecule has 2 aromatic carbocycles. The summed E-state index contributed by atoms with van der Waals surface area (Å²) < 4.78 is 0. The molecule has 0 fully saturated rings. The molecule has 0 saturated carbocycles. The third-order valence-electron chi connectivity index (χ3n) is 5.33. The molecule has 0 radical (unpaired) electrons. The van der Waals surface area contributed by atoms with Gasteiger partial charge in [-0.25, -0.2) is 4.79 Å². The van der Waals surface area contributed by atoms with Gasteiger partial charge >= 0.3 is 5.97 Å². The molecule has 0 heterocycles. The molecule has 3 rings (SSSR count). The quantitative estimate of drug-likeness (QED) is 0.628. The van der Waals surface area contributed by atoms with E-state index < -0.39 is 5.97 Å². The van der Waals surface area contributed by atoms with Gasteiger partial charge in [0.05, 0.1) is 0 Å². The smallest absolute Gasteiger partial charge is 0.340 e. The molecule has 0 spiro atoms. The maximum absolute atomic E-state index is 12.0. The minimum atomic E-state index is -1.23. The Morgan fingerprint density at radius 3 is 2.44 bits per heavy atom. The summed E-state index contributed by atoms with van der Waals surface area (Å²) in [7, 11) is 0. The summed E-state index contributed by atoms with van der Waals surface area (Å²) in [6.07, 6.45) is 3.78. The molecule has 1 unspecified atom stereocenters. The number of rotatable bonds is 4. The molecule has 0 bridgehead atoms. The molecule has 3 N–H and O–H groups in total. The standard InChI is InChI=1S/C23H24O4/c1-13(2)16-10-9-14(3)11-18(16)20-19(24)12-17(15-7-5-4-6-8-15)21(22(20)25)23(26)27/h4-8,11-12,16,18,24-25H,1,9-10H2,2-3H3,(H,26,27)/t16-,18?/m0/s1. The van der Waals surface area contributed by atoms with E-state index in [0.717, 1.165) is 24.0 Å². The lowest BCUT2D eigenvalue weighted by Gasteiger charge is -2.32. The van der Waals surface area contributed by atoms with Crippen LogP contribution >= 0.6 is 0 Å². The average Bonchev–Trinajstić information content (AvgIpc) is 2.61. The second-order valence-electron chi connectivity index (χ2n) is 7.28. The lowest BCUT2D eigenvalue weighted by Crippen LogP contribution is -2.18. The van der Waals surface area contributed by atoms with Crippen LogP contribution in [0.25, 0.3) is 11.1 Å². The summed E-state index contributed by atoms with van der Waals surface area (Å²) >= 11 is 0. The van der Waals surface area contributed by atoms with E-state index in [1.54, 1.807) is 24.3 Å². The van der Waals surface area contributed by atoms with Gasteiger partial charge in [0, 0.05) is 17.0 Å². The molecule has 2 atom stereocenters. The molecule has 2 aromatic rings. The predicted octanol–water partition coefficient (Wildman–Crippen LogP) is 5.48. The molecule has 0 amide bonds. The van der Waals surface area contributed by atoms with Crippen LogP contribution in [0.3, 0.4) is 0 Å². The highest BCUT2D eigenvalue weighted by molar-refractivity contribution is 6.00. The first-order valence-electron chi connectivity index (χ1n) is 9.01. The highest BCUT2D eigenvalue weighted by atomic mass is 16.4. The number of carboxylic acids is 1. The first-order valence-corrected chi connectivity index (χ1v) is 9.01. The number of carbonyl (C=O) groups is 1. The van der Waals surface area contributed by atoms with Crippen molar-refractivity contribution in [1.82, 2.24) is 0 Å². The highest BCUT2D eigenvalue weighted by Crippen LogP contribution is 2.49. The predicted molar refractivity (Wildman–Crippen MR) is 106 cm³/mol. The fourth-order valence-electron chi connectivity index (χ4n) is 3.97. The van der Waals surface area contributed by atoms with Gasteiger partial charge in [-0.15, -0.1) is 0 Å². The molecule has 1 aliphatic rings. The van der Waals surface area contributed by atoms with E-state index in [9.17, 15) is 20.1 Å². The summed E-state index contributed by atoms with van der Waals surface area (Å²) in [5, 5.41) is 31.5. The fourth-order valence-corrected chi connectivity index (χ4v) is 3.97. The van der Waals surface area contributed by atoms with Crippen LogP contribution in [-0.2, 0) is 0 Å². The van der Waals surface area contributed by atoms with Gasteiger partial charge in [0.2, 0.25) is 0 Å². The first kappa shape index (κ1) is 18.8. The topological polar surface area (TPSA) is 77.8 Å². The Kier molecular flexibility index (Phi) is 5.08. The molecule has 27 heavy (non-hydrogen) atoms. The zero-order valence-electron chi connectivity index (χ0n) is 15.6. The molecular weight excluding hydrogens is 340 g/mol. The van der Waals surface area contributed by atoms with E-state index in [1.807, 2.05) is 26.0 Å². The van der Waals surface area contributed by atoms with E-state index in [2.05, 4.69) is 6.58 Å². The minimum absolute atomic E-state index is 0.0368. The van der Waals surface area contributed by atoms with Crippen molar-refractivity contribution in [3.63, 3.8) is 0 Å². The second kappa shape index (κ2) is 7.31. The van der Waals surface area contributed by atoms with Crippen LogP contribution < -0.4 is 0 Å². The lowest BCUT2D eigenvalue weighted by atomic mass is 9.73. The third kappa shape index (κ3) is 3.47. The van der Waals surface area contributed by atoms with Crippen molar-refractivity contribution in [1.29, 1.82) is 0 Å². The Balaban J connectivity index is 2.26. The number of hydrogen-bond donors (Lipinski definition) is 3. The van der Waals surface area contributed by atoms with E-state index in [1.165, 1.54) is 6.07 Å². The molecule has 1 aliphatic carbocycles. The molecule has 0 aromatic heterocycles. The number of phenols is 2. The number of phenolic OH excluding ortho intramolecular Hbond substituents is 1. The number of allylic oxidation sites excluding steroid dienone is 3. The molecule has 0 saturated heterocycles. The molecular formula is C23H24O4. The van der Waals surface area contributed by atoms with Gasteiger partial charge in [-0.1, -0.05) is 54.1 Å². The van der Waals surface area contributed by atoms with Crippen molar-refractivity contribution in [2.45, 2.75) is 32.6 Å². The summed E-state index contributed by atoms with van der Waals surface area (Å²) in [6, 6.07) is 10.3. The van der Waals surface area contributed by atoms with Crippen molar-refractivity contribution < 1.29 is 20.1 Å². The number of aromatic carboxylic acids is 1. The lowest BCUT2D eigenvalue weighted by molar-refractivity contribution is 0.0694. The van der Waals surface area contributed by atoms with E-state index in [-0.39, 0.29) is 34.5 Å². The molecule has 0 aliphatic heterocycles. The van der Waals surface area contributed by atoms with Crippen LogP contribution in [0.4, 0.5) is 0 Å². The molecule has 140 valence electrons. The Bertz CT molecular complexity index is 925. The highest BCUT2D eigenvalue weighted by Gasteiger charge is 2.33. The Hall–Kier alpha value is -3.01. The number of carboxylic acid groups (broad SMARTS) is 1. The number of benzene rings is 2. The van der Waals surface area contributed by atoms with Gasteiger partial charge in [-0.2, -0.15) is 0 Å². The normalized spacial score (nSPS) is 19.4. The summed E-state index contributed by atoms with van der Waals surface area (Å²) in [6.45, 7) is 7.99. The molecule has 4 nitrogen and oxygen atoms in total. The molecule has 4 heteroatoms. The van der Waals surface area contributed by atoms with Crippen LogP contribution in [0, 0.1) is 5.92 Å². The average molecular weight is 364 g/mol. The van der Waals surface area contributed by atoms with Crippen LogP contribution in [0.2, 0.25) is 0 Å². The van der Waals surface area contributed by atoms with Gasteiger partial charge in [-0.05, 0) is 44.2 Å². The summed E-state index contributed by atoms with van der Waals surface area (Å²) in [5.41, 5.74) is 3.10. The van der Waals surface area contributed by atoms with Crippen LogP contribution in [0.5, 0.6) is 11.5 Å². The maximum Gasteiger partial charge on any atom is 0.340 e. The van der Waals surface area contributed by atoms with Gasteiger partial charge in [0.25, 0.3) is 0 Å². The van der Waals surface area contributed by atoms with E-state index in [4.69, 9.17) is 0 Å². The van der Waals surface area contributed by atoms with Gasteiger partial charge in [-0.3, -0.25) is 0 Å². The Morgan fingerprint density at radius 2 is 1.85 bits per heavy atom. The summed E-state index contributed by atoms with van der Waals surface area (Å²) in [4.78, 5) is 12.0. The van der Waals surface area contributed by atoms with Crippen LogP contribution in [0.15, 0.2) is 60.2 Å². The largest absolute Gasteiger partial charge is 0.507 e. The van der Waals surface area contributed by atoms with Gasteiger partial charge in [0.1, 0.15) is 17.1 Å². The monoisotopic (exact) mass is 364 g/mol. The Morgan fingerprint density at radius 1 is 1.19 bits per heavy atom. The fraction of sp³-hybridized carbons (Fsp3) is 0.261. The van der Waals surface area contributed by atoms with Gasteiger partial charge < -0.3 is 15.3 Å². The van der Waals surface area contributed by atoms with Crippen LogP contribution in [-0.4, -0.2) is 21.3 Å². The maximum atomic E-state index is 12.0. The van der Waals surface area contributed by atoms with Crippen LogP contribution in [0.1, 0.15) is 48.5 Å². The Labute approximate surface area is 159 Å². The zero-order chi connectivity index (χ0) is 19.7. The van der Waals surface area contributed by atoms with Crippen molar-refractivity contribution in [3.05, 3.63) is 71.3 Å². The summed E-state index contributed by atoms with van der Waals surface area (Å²) in [5.74, 6) is -1.97. The number of aromatic hydroxyl groups is 2. The zero-order valence-corrected chi connectivity index (χ0v) is 15.6.